The molecule has 2 heterocycles. The Labute approximate surface area is 227 Å². The number of halogens is 1. The number of thioether (sulfide) groups is 1. The summed E-state index contributed by atoms with van der Waals surface area (Å²) in [4.78, 5) is 28.2. The number of rotatable bonds is 7. The minimum Gasteiger partial charge on any atom is -0.497 e. The highest BCUT2D eigenvalue weighted by Crippen LogP contribution is 2.48. The van der Waals surface area contributed by atoms with E-state index in [9.17, 15) is 14.0 Å². The molecule has 0 saturated heterocycles. The Balaban J connectivity index is 1.98. The minimum absolute atomic E-state index is 0.0184. The second-order valence-electron chi connectivity index (χ2n) is 10.5. The lowest BCUT2D eigenvalue weighted by Gasteiger charge is -2.25. The third kappa shape index (κ3) is 5.72. The van der Waals surface area contributed by atoms with Gasteiger partial charge in [0.25, 0.3) is 0 Å². The lowest BCUT2D eigenvalue weighted by Crippen LogP contribution is -2.44. The van der Waals surface area contributed by atoms with E-state index in [1.54, 1.807) is 17.9 Å². The lowest BCUT2D eigenvalue weighted by molar-refractivity contribution is -0.123. The molecular weight excluding hydrogens is 503 g/mol. The zero-order chi connectivity index (χ0) is 27.6. The molecule has 3 aromatic rings. The number of nitrogens with one attached hydrogen (secondary N) is 1. The topological polar surface area (TPSA) is 76.5 Å². The van der Waals surface area contributed by atoms with E-state index in [1.165, 1.54) is 28.8 Å². The van der Waals surface area contributed by atoms with Gasteiger partial charge >= 0.3 is 0 Å². The zero-order valence-electron chi connectivity index (χ0n) is 22.7. The molecule has 1 aromatic heterocycles. The number of carbonyl (C=O) groups excluding carboxylic acids is 2. The second kappa shape index (κ2) is 11.2. The number of methoxy groups -OCH3 is 1. The molecule has 0 aliphatic carbocycles. The van der Waals surface area contributed by atoms with Gasteiger partial charge in [-0.05, 0) is 55.3 Å². The smallest absolute Gasteiger partial charge is 0.240 e. The van der Waals surface area contributed by atoms with Gasteiger partial charge in [-0.3, -0.25) is 14.5 Å². The Hall–Kier alpha value is -3.33. The monoisotopic (exact) mass is 538 g/mol. The number of benzene rings is 2. The van der Waals surface area contributed by atoms with Gasteiger partial charge in [-0.2, -0.15) is 5.10 Å². The highest BCUT2D eigenvalue weighted by atomic mass is 32.2. The molecule has 0 saturated carbocycles. The first-order chi connectivity index (χ1) is 18.0. The van der Waals surface area contributed by atoms with Crippen molar-refractivity contribution < 1.29 is 18.7 Å². The van der Waals surface area contributed by atoms with Crippen molar-refractivity contribution in [2.24, 2.45) is 0 Å². The first-order valence-electron chi connectivity index (χ1n) is 12.8. The van der Waals surface area contributed by atoms with Crippen LogP contribution in [0.1, 0.15) is 63.1 Å². The number of ether oxygens (including phenoxy) is 1. The third-order valence-corrected chi connectivity index (χ3v) is 7.84. The van der Waals surface area contributed by atoms with Gasteiger partial charge in [-0.1, -0.05) is 39.8 Å². The molecule has 0 spiro atoms. The molecule has 1 aliphatic heterocycles. The van der Waals surface area contributed by atoms with E-state index in [-0.39, 0.29) is 41.2 Å². The van der Waals surface area contributed by atoms with E-state index in [0.717, 1.165) is 28.9 Å². The maximum absolute atomic E-state index is 14.4. The van der Waals surface area contributed by atoms with Crippen molar-refractivity contribution >= 4 is 29.4 Å². The normalized spacial score (nSPS) is 16.6. The van der Waals surface area contributed by atoms with Crippen molar-refractivity contribution in [1.82, 2.24) is 15.1 Å². The van der Waals surface area contributed by atoms with Crippen LogP contribution in [0.15, 0.2) is 48.5 Å². The zero-order valence-corrected chi connectivity index (χ0v) is 23.6. The van der Waals surface area contributed by atoms with Crippen molar-refractivity contribution in [3.8, 4) is 11.4 Å². The molecule has 38 heavy (non-hydrogen) atoms. The van der Waals surface area contributed by atoms with E-state index in [4.69, 9.17) is 9.84 Å². The van der Waals surface area contributed by atoms with E-state index in [0.29, 0.717) is 11.6 Å². The van der Waals surface area contributed by atoms with E-state index >= 15 is 0 Å². The van der Waals surface area contributed by atoms with Crippen LogP contribution in [-0.4, -0.2) is 47.0 Å². The molecule has 9 heteroatoms. The molecule has 1 N–H and O–H groups in total. The Morgan fingerprint density at radius 2 is 1.95 bits per heavy atom. The Kier molecular flexibility index (Phi) is 8.16. The van der Waals surface area contributed by atoms with Crippen LogP contribution in [0.25, 0.3) is 5.69 Å². The molecule has 0 unspecified atom stereocenters. The number of hydrogen-bond donors (Lipinski definition) is 1. The highest BCUT2D eigenvalue weighted by Gasteiger charge is 2.40. The summed E-state index contributed by atoms with van der Waals surface area (Å²) in [5.74, 6) is 0.571. The molecule has 2 atom stereocenters. The van der Waals surface area contributed by atoms with Crippen LogP contribution in [0.4, 0.5) is 10.2 Å². The molecule has 4 rings (SSSR count). The summed E-state index contributed by atoms with van der Waals surface area (Å²) in [6, 6.07) is 13.9. The lowest BCUT2D eigenvalue weighted by atomic mass is 9.87. The fraction of sp³-hybridized carbons (Fsp3) is 0.414. The van der Waals surface area contributed by atoms with Gasteiger partial charge in [-0.15, -0.1) is 11.8 Å². The fourth-order valence-corrected chi connectivity index (χ4v) is 5.66. The molecule has 7 nitrogen and oxygen atoms in total. The van der Waals surface area contributed by atoms with Crippen molar-refractivity contribution in [2.75, 3.05) is 24.3 Å². The van der Waals surface area contributed by atoms with Crippen LogP contribution in [0, 0.1) is 5.82 Å². The van der Waals surface area contributed by atoms with Gasteiger partial charge in [0, 0.05) is 17.0 Å². The van der Waals surface area contributed by atoms with Crippen LogP contribution in [0.5, 0.6) is 5.75 Å². The Morgan fingerprint density at radius 3 is 2.55 bits per heavy atom. The summed E-state index contributed by atoms with van der Waals surface area (Å²) in [6.45, 7) is 9.98. The number of amides is 2. The fourth-order valence-electron chi connectivity index (χ4n) is 4.48. The molecule has 202 valence electrons. The quantitative estimate of drug-likeness (QED) is 0.436. The van der Waals surface area contributed by atoms with Gasteiger partial charge in [0.2, 0.25) is 11.8 Å². The molecule has 0 bridgehead atoms. The molecule has 2 aromatic carbocycles. The predicted octanol–water partition coefficient (Wildman–Crippen LogP) is 5.40. The second-order valence-corrected chi connectivity index (χ2v) is 11.6. The van der Waals surface area contributed by atoms with Gasteiger partial charge in [-0.25, -0.2) is 9.07 Å². The van der Waals surface area contributed by atoms with Gasteiger partial charge in [0.15, 0.2) is 0 Å². The summed E-state index contributed by atoms with van der Waals surface area (Å²) in [5.41, 5.74) is 2.67. The number of anilines is 1. The maximum Gasteiger partial charge on any atom is 0.240 e. The maximum atomic E-state index is 14.4. The van der Waals surface area contributed by atoms with Crippen molar-refractivity contribution in [3.63, 3.8) is 0 Å². The van der Waals surface area contributed by atoms with E-state index in [2.05, 4.69) is 26.1 Å². The molecule has 2 amide bonds. The van der Waals surface area contributed by atoms with Crippen LogP contribution in [-0.2, 0) is 15.0 Å². The summed E-state index contributed by atoms with van der Waals surface area (Å²) in [7, 11) is 1.60. The largest absolute Gasteiger partial charge is 0.497 e. The third-order valence-electron chi connectivity index (χ3n) is 6.59. The molecular formula is C29H35FN4O3S. The number of carbonyl (C=O) groups is 2. The van der Waals surface area contributed by atoms with Crippen LogP contribution in [0.3, 0.4) is 0 Å². The Bertz CT molecular complexity index is 1320. The standard InChI is InChI=1S/C29H35FN4O3S/c1-7-18(2)31-23(35)16-33-24(36)17-38-26(19-9-8-10-20(30)15-19)25-27(29(3,4)5)32-34(28(25)33)21-11-13-22(37-6)14-12-21/h8-15,18,26H,7,16-17H2,1-6H3,(H,31,35)/t18-,26+/m1/s1. The van der Waals surface area contributed by atoms with E-state index < -0.39 is 5.41 Å². The molecule has 1 aliphatic rings. The number of aromatic nitrogens is 2. The summed E-state index contributed by atoms with van der Waals surface area (Å²) in [5, 5.41) is 7.66. The average Bonchev–Trinajstić information content (AvgIpc) is 3.22. The van der Waals surface area contributed by atoms with Crippen LogP contribution >= 0.6 is 11.8 Å². The van der Waals surface area contributed by atoms with Crippen molar-refractivity contribution in [2.45, 2.75) is 57.7 Å². The van der Waals surface area contributed by atoms with Gasteiger partial charge < -0.3 is 10.1 Å². The predicted molar refractivity (Wildman–Crippen MR) is 150 cm³/mol. The summed E-state index contributed by atoms with van der Waals surface area (Å²) >= 11 is 1.43. The summed E-state index contributed by atoms with van der Waals surface area (Å²) in [6.07, 6.45) is 0.778. The first kappa shape index (κ1) is 27.7. The van der Waals surface area contributed by atoms with E-state index in [1.807, 2.05) is 44.2 Å². The van der Waals surface area contributed by atoms with Gasteiger partial charge in [0.05, 0.1) is 29.5 Å². The van der Waals surface area contributed by atoms with Crippen LogP contribution in [0.2, 0.25) is 0 Å². The minimum atomic E-state index is -0.397. The average molecular weight is 539 g/mol. The summed E-state index contributed by atoms with van der Waals surface area (Å²) < 4.78 is 21.5. The van der Waals surface area contributed by atoms with Gasteiger partial charge in [0.1, 0.15) is 23.9 Å². The highest BCUT2D eigenvalue weighted by molar-refractivity contribution is 8.00. The number of fused-ring (bicyclic) bond motifs is 1. The van der Waals surface area contributed by atoms with Crippen LogP contribution < -0.4 is 15.0 Å². The molecule has 0 fully saturated rings. The SMILES string of the molecule is CC[C@@H](C)NC(=O)CN1C(=O)CS[C@@H](c2cccc(F)c2)c2c(C(C)(C)C)nn(-c3ccc(OC)cc3)c21. The van der Waals surface area contributed by atoms with Crippen molar-refractivity contribution in [1.29, 1.82) is 0 Å². The van der Waals surface area contributed by atoms with Crippen molar-refractivity contribution in [3.05, 3.63) is 71.2 Å². The molecule has 0 radical (unpaired) electrons. The first-order valence-corrected chi connectivity index (χ1v) is 13.8. The number of nitrogens with zero attached hydrogens (tertiary/aromatic N) is 3. The Morgan fingerprint density at radius 1 is 1.24 bits per heavy atom. The number of hydrogen-bond acceptors (Lipinski definition) is 5.